The van der Waals surface area contributed by atoms with Gasteiger partial charge in [-0.25, -0.2) is 4.89 Å². The highest BCUT2D eigenvalue weighted by Gasteiger charge is 2.40. The molecule has 0 atom stereocenters. The minimum absolute atomic E-state index is 0.902. The monoisotopic (exact) mass is 455 g/mol. The van der Waals surface area contributed by atoms with Crippen molar-refractivity contribution in [1.82, 2.24) is 0 Å². The summed E-state index contributed by atoms with van der Waals surface area (Å²) in [7, 11) is -2.26. The lowest BCUT2D eigenvalue weighted by molar-refractivity contribution is 0.531. The van der Waals surface area contributed by atoms with E-state index in [1.54, 1.807) is 0 Å². The Morgan fingerprint density at radius 1 is 0.469 bits per heavy atom. The van der Waals surface area contributed by atoms with E-state index in [2.05, 4.69) is 55.5 Å². The van der Waals surface area contributed by atoms with Crippen molar-refractivity contribution in [3.05, 3.63) is 60.7 Å². The lowest BCUT2D eigenvalue weighted by atomic mass is 10.0. The van der Waals surface area contributed by atoms with E-state index in [0.29, 0.717) is 0 Å². The van der Waals surface area contributed by atoms with E-state index in [1.807, 2.05) is 12.1 Å². The standard InChI is InChI=1S/C30H48OP/c1-2-3-4-5-6-7-8-9-10-11-12-13-14-15-16-23-28-32(31,29-24-19-17-20-25-29)30-26-21-18-22-27-30/h17-22,24-27,31H,2-16,23,28H2,1H3/q+1. The molecule has 0 spiro atoms. The van der Waals surface area contributed by atoms with E-state index >= 15 is 0 Å². The Kier molecular flexibility index (Phi) is 14.7. The first-order valence-corrected chi connectivity index (χ1v) is 15.4. The number of hydrogen-bond acceptors (Lipinski definition) is 1. The van der Waals surface area contributed by atoms with E-state index in [0.717, 1.165) is 23.2 Å². The molecule has 32 heavy (non-hydrogen) atoms. The predicted molar refractivity (Wildman–Crippen MR) is 146 cm³/mol. The van der Waals surface area contributed by atoms with Gasteiger partial charge < -0.3 is 0 Å². The third-order valence-electron chi connectivity index (χ3n) is 6.70. The van der Waals surface area contributed by atoms with Crippen LogP contribution < -0.4 is 10.6 Å². The van der Waals surface area contributed by atoms with E-state index in [4.69, 9.17) is 0 Å². The van der Waals surface area contributed by atoms with Gasteiger partial charge in [-0.05, 0) is 37.1 Å². The molecule has 1 N–H and O–H groups in total. The van der Waals surface area contributed by atoms with Crippen LogP contribution in [0.2, 0.25) is 0 Å². The molecule has 0 bridgehead atoms. The summed E-state index contributed by atoms with van der Waals surface area (Å²) >= 11 is 0. The Labute approximate surface area is 199 Å². The summed E-state index contributed by atoms with van der Waals surface area (Å²) in [5.74, 6) is 0. The third kappa shape index (κ3) is 10.6. The summed E-state index contributed by atoms with van der Waals surface area (Å²) < 4.78 is 0. The Hall–Kier alpha value is -1.17. The average molecular weight is 456 g/mol. The zero-order valence-corrected chi connectivity index (χ0v) is 21.6. The molecule has 0 unspecified atom stereocenters. The molecule has 178 valence electrons. The zero-order valence-electron chi connectivity index (χ0n) is 20.7. The van der Waals surface area contributed by atoms with Crippen LogP contribution in [0.4, 0.5) is 0 Å². The summed E-state index contributed by atoms with van der Waals surface area (Å²) in [6.45, 7) is 2.29. The second-order valence-electron chi connectivity index (χ2n) is 9.47. The van der Waals surface area contributed by atoms with Crippen LogP contribution >= 0.6 is 7.49 Å². The summed E-state index contributed by atoms with van der Waals surface area (Å²) in [6, 6.07) is 20.7. The molecular formula is C30H48OP+. The Bertz CT molecular complexity index is 630. The molecule has 0 amide bonds. The Morgan fingerprint density at radius 3 is 1.12 bits per heavy atom. The molecule has 0 aromatic heterocycles. The highest BCUT2D eigenvalue weighted by molar-refractivity contribution is 7.84. The van der Waals surface area contributed by atoms with Crippen molar-refractivity contribution < 1.29 is 4.89 Å². The van der Waals surface area contributed by atoms with Gasteiger partial charge in [0.25, 0.3) is 0 Å². The van der Waals surface area contributed by atoms with E-state index in [-0.39, 0.29) is 0 Å². The fraction of sp³-hybridized carbons (Fsp3) is 0.600. The van der Waals surface area contributed by atoms with Gasteiger partial charge in [-0.1, -0.05) is 133 Å². The van der Waals surface area contributed by atoms with Crippen molar-refractivity contribution >= 4 is 18.1 Å². The van der Waals surface area contributed by atoms with Gasteiger partial charge in [0.1, 0.15) is 10.6 Å². The molecule has 2 aromatic rings. The number of hydrogen-bond donors (Lipinski definition) is 1. The summed E-state index contributed by atoms with van der Waals surface area (Å²) in [4.78, 5) is 11.7. The summed E-state index contributed by atoms with van der Waals surface area (Å²) in [5, 5.41) is 2.24. The van der Waals surface area contributed by atoms with Crippen LogP contribution in [-0.4, -0.2) is 11.1 Å². The van der Waals surface area contributed by atoms with Crippen molar-refractivity contribution in [2.75, 3.05) is 6.16 Å². The largest absolute Gasteiger partial charge is 0.241 e. The van der Waals surface area contributed by atoms with Crippen LogP contribution in [0.1, 0.15) is 110 Å². The molecule has 0 saturated carbocycles. The first-order chi connectivity index (χ1) is 15.8. The molecule has 2 rings (SSSR count). The number of unbranched alkanes of at least 4 members (excludes halogenated alkanes) is 15. The first-order valence-electron chi connectivity index (χ1n) is 13.5. The normalized spacial score (nSPS) is 11.7. The fourth-order valence-corrected chi connectivity index (χ4v) is 7.47. The molecule has 2 heteroatoms. The average Bonchev–Trinajstić information content (AvgIpc) is 2.84. The van der Waals surface area contributed by atoms with Crippen LogP contribution in [0.15, 0.2) is 60.7 Å². The molecule has 0 aliphatic heterocycles. The van der Waals surface area contributed by atoms with Crippen molar-refractivity contribution in [2.45, 2.75) is 110 Å². The second kappa shape index (κ2) is 17.3. The maximum absolute atomic E-state index is 11.7. The van der Waals surface area contributed by atoms with Crippen LogP contribution in [-0.2, 0) is 0 Å². The molecule has 0 aliphatic rings. The fourth-order valence-electron chi connectivity index (χ4n) is 4.65. The molecule has 0 aliphatic carbocycles. The third-order valence-corrected chi connectivity index (χ3v) is 9.97. The van der Waals surface area contributed by atoms with Crippen LogP contribution in [0.5, 0.6) is 0 Å². The first kappa shape index (κ1) is 27.1. The summed E-state index contributed by atoms with van der Waals surface area (Å²) in [6.07, 6.45) is 23.0. The number of benzene rings is 2. The lowest BCUT2D eigenvalue weighted by Gasteiger charge is -2.20. The quantitative estimate of drug-likeness (QED) is 0.166. The molecule has 0 heterocycles. The van der Waals surface area contributed by atoms with Gasteiger partial charge in [0.2, 0.25) is 7.49 Å². The topological polar surface area (TPSA) is 20.2 Å². The Balaban J connectivity index is 1.52. The SMILES string of the molecule is CCCCCCCCCCCCCCCCCC[P+](O)(c1ccccc1)c1ccccc1. The maximum atomic E-state index is 11.7. The van der Waals surface area contributed by atoms with Crippen molar-refractivity contribution in [1.29, 1.82) is 0 Å². The van der Waals surface area contributed by atoms with Gasteiger partial charge >= 0.3 is 0 Å². The molecule has 1 nitrogen and oxygen atoms in total. The maximum Gasteiger partial charge on any atom is 0.206 e. The van der Waals surface area contributed by atoms with Gasteiger partial charge in [-0.15, -0.1) is 0 Å². The Morgan fingerprint density at radius 2 is 0.781 bits per heavy atom. The van der Waals surface area contributed by atoms with Crippen LogP contribution in [0.3, 0.4) is 0 Å². The van der Waals surface area contributed by atoms with Crippen molar-refractivity contribution in [3.8, 4) is 0 Å². The van der Waals surface area contributed by atoms with Gasteiger partial charge in [-0.2, -0.15) is 0 Å². The molecule has 0 fully saturated rings. The molecule has 2 aromatic carbocycles. The smallest absolute Gasteiger partial charge is 0.206 e. The minimum atomic E-state index is -2.26. The van der Waals surface area contributed by atoms with Crippen LogP contribution in [0, 0.1) is 0 Å². The van der Waals surface area contributed by atoms with Gasteiger partial charge in [0, 0.05) is 0 Å². The molecule has 0 saturated heterocycles. The van der Waals surface area contributed by atoms with Gasteiger partial charge in [0.05, 0.1) is 6.16 Å². The number of rotatable bonds is 19. The van der Waals surface area contributed by atoms with Gasteiger partial charge in [0.15, 0.2) is 0 Å². The van der Waals surface area contributed by atoms with Gasteiger partial charge in [-0.3, -0.25) is 0 Å². The van der Waals surface area contributed by atoms with E-state index in [9.17, 15) is 4.89 Å². The second-order valence-corrected chi connectivity index (χ2v) is 12.5. The predicted octanol–water partition coefficient (Wildman–Crippen LogP) is 8.82. The highest BCUT2D eigenvalue weighted by Crippen LogP contribution is 2.52. The molecule has 0 radical (unpaired) electrons. The zero-order chi connectivity index (χ0) is 22.7. The highest BCUT2D eigenvalue weighted by atomic mass is 31.2. The minimum Gasteiger partial charge on any atom is -0.241 e. The van der Waals surface area contributed by atoms with Crippen molar-refractivity contribution in [3.63, 3.8) is 0 Å². The van der Waals surface area contributed by atoms with Crippen molar-refractivity contribution in [2.24, 2.45) is 0 Å². The lowest BCUT2D eigenvalue weighted by Crippen LogP contribution is -2.24. The molecular weight excluding hydrogens is 407 g/mol. The van der Waals surface area contributed by atoms with Crippen LogP contribution in [0.25, 0.3) is 0 Å². The summed E-state index contributed by atoms with van der Waals surface area (Å²) in [5.41, 5.74) is 0. The van der Waals surface area contributed by atoms with E-state index < -0.39 is 7.49 Å². The van der Waals surface area contributed by atoms with E-state index in [1.165, 1.54) is 96.3 Å².